The molecule has 2 aromatic rings. The fourth-order valence-electron chi connectivity index (χ4n) is 3.68. The average Bonchev–Trinajstić information content (AvgIpc) is 2.78. The Bertz CT molecular complexity index is 1160. The molecule has 2 aromatic carbocycles. The number of hydrogen-bond acceptors (Lipinski definition) is 6. The Morgan fingerprint density at radius 1 is 1.09 bits per heavy atom. The Kier molecular flexibility index (Phi) is 7.37. The molecule has 0 spiro atoms. The third-order valence-corrected chi connectivity index (χ3v) is 5.85. The molecule has 178 valence electrons. The van der Waals surface area contributed by atoms with E-state index in [2.05, 4.69) is 10.2 Å². The van der Waals surface area contributed by atoms with Gasteiger partial charge in [0.05, 0.1) is 27.8 Å². The van der Waals surface area contributed by atoms with E-state index in [1.165, 1.54) is 19.1 Å². The van der Waals surface area contributed by atoms with Gasteiger partial charge in [-0.25, -0.2) is 0 Å². The Labute approximate surface area is 199 Å². The molecular weight excluding hydrogens is 471 g/mol. The monoisotopic (exact) mass is 491 g/mol. The van der Waals surface area contributed by atoms with Crippen LogP contribution < -0.4 is 10.2 Å². The fraction of sp³-hybridized carbons (Fsp3) is 0.348. The van der Waals surface area contributed by atoms with Crippen molar-refractivity contribution >= 4 is 28.9 Å². The van der Waals surface area contributed by atoms with E-state index < -0.39 is 28.8 Å². The van der Waals surface area contributed by atoms with E-state index in [1.54, 1.807) is 18.2 Å². The van der Waals surface area contributed by atoms with Gasteiger partial charge in [-0.2, -0.15) is 23.7 Å². The van der Waals surface area contributed by atoms with Gasteiger partial charge in [0.1, 0.15) is 6.07 Å². The first-order valence-corrected chi connectivity index (χ1v) is 10.6. The van der Waals surface area contributed by atoms with Crippen LogP contribution >= 0.6 is 11.6 Å². The van der Waals surface area contributed by atoms with Gasteiger partial charge in [0.15, 0.2) is 5.60 Å². The Morgan fingerprint density at radius 2 is 1.71 bits per heavy atom. The van der Waals surface area contributed by atoms with Crippen molar-refractivity contribution < 1.29 is 23.1 Å². The number of carbonyl (C=O) groups excluding carboxylic acids is 1. The van der Waals surface area contributed by atoms with Crippen LogP contribution in [0.4, 0.5) is 24.5 Å². The van der Waals surface area contributed by atoms with E-state index in [-0.39, 0.29) is 12.2 Å². The van der Waals surface area contributed by atoms with E-state index in [4.69, 9.17) is 22.1 Å². The van der Waals surface area contributed by atoms with Gasteiger partial charge in [-0.1, -0.05) is 11.6 Å². The number of amides is 1. The summed E-state index contributed by atoms with van der Waals surface area (Å²) in [6, 6.07) is 11.5. The lowest BCUT2D eigenvalue weighted by Gasteiger charge is -2.38. The topological polar surface area (TPSA) is 103 Å². The van der Waals surface area contributed by atoms with Crippen molar-refractivity contribution in [2.75, 3.05) is 42.9 Å². The fourth-order valence-corrected chi connectivity index (χ4v) is 3.90. The Morgan fingerprint density at radius 3 is 2.26 bits per heavy atom. The molecule has 0 aromatic heterocycles. The van der Waals surface area contributed by atoms with E-state index >= 15 is 0 Å². The normalized spacial score (nSPS) is 16.3. The average molecular weight is 492 g/mol. The molecule has 1 fully saturated rings. The van der Waals surface area contributed by atoms with Crippen LogP contribution in [0.2, 0.25) is 5.02 Å². The summed E-state index contributed by atoms with van der Waals surface area (Å²) in [6.07, 6.45) is -4.76. The van der Waals surface area contributed by atoms with Crippen molar-refractivity contribution in [1.29, 1.82) is 10.5 Å². The van der Waals surface area contributed by atoms with E-state index in [0.717, 1.165) is 11.8 Å². The van der Waals surface area contributed by atoms with Crippen molar-refractivity contribution in [3.05, 3.63) is 58.1 Å². The van der Waals surface area contributed by atoms with Crippen LogP contribution in [0.15, 0.2) is 36.4 Å². The lowest BCUT2D eigenvalue weighted by atomic mass is 10.0. The zero-order chi connectivity index (χ0) is 25.1. The third kappa shape index (κ3) is 5.78. The Hall–Kier alpha value is -3.31. The summed E-state index contributed by atoms with van der Waals surface area (Å²) in [7, 11) is 0. The summed E-state index contributed by atoms with van der Waals surface area (Å²) in [4.78, 5) is 16.6. The molecule has 0 aliphatic carbocycles. The number of carbonyl (C=O) groups is 1. The van der Waals surface area contributed by atoms with Crippen molar-refractivity contribution in [2.45, 2.75) is 18.7 Å². The summed E-state index contributed by atoms with van der Waals surface area (Å²) in [6.45, 7) is 3.49. The maximum Gasteiger partial charge on any atom is 0.417 e. The first-order chi connectivity index (χ1) is 15.9. The van der Waals surface area contributed by atoms with Gasteiger partial charge in [-0.05, 0) is 43.3 Å². The zero-order valence-electron chi connectivity index (χ0n) is 18.2. The second-order valence-corrected chi connectivity index (χ2v) is 8.54. The van der Waals surface area contributed by atoms with Crippen molar-refractivity contribution in [1.82, 2.24) is 4.90 Å². The lowest BCUT2D eigenvalue weighted by Crippen LogP contribution is -2.54. The first kappa shape index (κ1) is 25.3. The van der Waals surface area contributed by atoms with Crippen LogP contribution in [0.3, 0.4) is 0 Å². The maximum atomic E-state index is 13.2. The number of piperazine rings is 1. The molecule has 1 unspecified atom stereocenters. The van der Waals surface area contributed by atoms with Gasteiger partial charge in [0.2, 0.25) is 0 Å². The maximum absolute atomic E-state index is 13.2. The second-order valence-electron chi connectivity index (χ2n) is 8.14. The number of nitriles is 2. The number of benzene rings is 2. The molecule has 0 bridgehead atoms. The van der Waals surface area contributed by atoms with Crippen LogP contribution in [-0.2, 0) is 11.0 Å². The molecule has 3 rings (SSSR count). The minimum absolute atomic E-state index is 0.0246. The molecule has 1 heterocycles. The second kappa shape index (κ2) is 9.90. The SMILES string of the molecule is CC(O)(CN1CCN(c2ccc(C#N)c(Cl)c2)CC1)C(=O)Nc1ccc(C#N)c(C(F)(F)F)c1. The lowest BCUT2D eigenvalue weighted by molar-refractivity contribution is -0.138. The Balaban J connectivity index is 1.61. The number of β-amino-alcohol motifs (C(OH)–C–C–N with tert-alkyl or cyclic N) is 1. The third-order valence-electron chi connectivity index (χ3n) is 5.53. The molecular formula is C23H21ClF3N5O2. The number of rotatable bonds is 5. The zero-order valence-corrected chi connectivity index (χ0v) is 18.9. The number of aliphatic hydroxyl groups is 1. The number of anilines is 2. The predicted octanol–water partition coefficient (Wildman–Crippen LogP) is 3.61. The highest BCUT2D eigenvalue weighted by Crippen LogP contribution is 2.33. The van der Waals surface area contributed by atoms with Crippen molar-refractivity contribution in [3.63, 3.8) is 0 Å². The predicted molar refractivity (Wildman–Crippen MR) is 120 cm³/mol. The highest BCUT2D eigenvalue weighted by Gasteiger charge is 2.36. The minimum Gasteiger partial charge on any atom is -0.379 e. The minimum atomic E-state index is -4.76. The van der Waals surface area contributed by atoms with Gasteiger partial charge in [-0.3, -0.25) is 9.69 Å². The van der Waals surface area contributed by atoms with Crippen molar-refractivity contribution in [3.8, 4) is 12.1 Å². The smallest absolute Gasteiger partial charge is 0.379 e. The van der Waals surface area contributed by atoms with Gasteiger partial charge in [0.25, 0.3) is 5.91 Å². The van der Waals surface area contributed by atoms with Gasteiger partial charge >= 0.3 is 6.18 Å². The molecule has 7 nitrogen and oxygen atoms in total. The molecule has 2 N–H and O–H groups in total. The van der Waals surface area contributed by atoms with Gasteiger partial charge in [-0.15, -0.1) is 0 Å². The van der Waals surface area contributed by atoms with Crippen LogP contribution in [0.1, 0.15) is 23.6 Å². The molecule has 34 heavy (non-hydrogen) atoms. The standard InChI is InChI=1S/C23H21ClF3N5O2/c1-22(34,21(33)30-17-4-2-15(12-28)19(10-17)23(25,26)27)14-31-6-8-32(9-7-31)18-5-3-16(13-29)20(24)11-18/h2-5,10-11,34H,6-9,14H2,1H3,(H,30,33). The number of nitrogens with one attached hydrogen (secondary N) is 1. The number of alkyl halides is 3. The number of halogens is 4. The first-order valence-electron chi connectivity index (χ1n) is 10.3. The molecule has 1 amide bonds. The summed E-state index contributed by atoms with van der Waals surface area (Å²) in [5.74, 6) is -0.855. The van der Waals surface area contributed by atoms with Gasteiger partial charge in [0, 0.05) is 44.1 Å². The highest BCUT2D eigenvalue weighted by molar-refractivity contribution is 6.32. The summed E-state index contributed by atoms with van der Waals surface area (Å²) < 4.78 is 39.5. The number of nitrogens with zero attached hydrogens (tertiary/aromatic N) is 4. The molecule has 11 heteroatoms. The van der Waals surface area contributed by atoms with Crippen LogP contribution in [-0.4, -0.2) is 54.2 Å². The summed E-state index contributed by atoms with van der Waals surface area (Å²) in [5, 5.41) is 31.3. The summed E-state index contributed by atoms with van der Waals surface area (Å²) >= 11 is 6.10. The van der Waals surface area contributed by atoms with Crippen LogP contribution in [0.5, 0.6) is 0 Å². The number of hydrogen-bond donors (Lipinski definition) is 2. The molecule has 1 aliphatic heterocycles. The molecule has 1 saturated heterocycles. The molecule has 1 aliphatic rings. The van der Waals surface area contributed by atoms with E-state index in [9.17, 15) is 23.1 Å². The highest BCUT2D eigenvalue weighted by atomic mass is 35.5. The molecule has 0 radical (unpaired) electrons. The van der Waals surface area contributed by atoms with E-state index in [1.807, 2.05) is 11.0 Å². The summed E-state index contributed by atoms with van der Waals surface area (Å²) in [5.41, 5.74) is -2.51. The quantitative estimate of drug-likeness (QED) is 0.662. The van der Waals surface area contributed by atoms with Crippen LogP contribution in [0, 0.1) is 22.7 Å². The van der Waals surface area contributed by atoms with Crippen molar-refractivity contribution in [2.24, 2.45) is 0 Å². The molecule has 1 atom stereocenters. The largest absolute Gasteiger partial charge is 0.417 e. The van der Waals surface area contributed by atoms with E-state index in [0.29, 0.717) is 42.8 Å². The van der Waals surface area contributed by atoms with Crippen LogP contribution in [0.25, 0.3) is 0 Å². The van der Waals surface area contributed by atoms with Gasteiger partial charge < -0.3 is 15.3 Å². The molecule has 0 saturated carbocycles.